The van der Waals surface area contributed by atoms with Crippen molar-refractivity contribution in [2.45, 2.75) is 6.54 Å². The molecule has 3 rings (SSSR count). The summed E-state index contributed by atoms with van der Waals surface area (Å²) in [4.78, 5) is 33.3. The van der Waals surface area contributed by atoms with Gasteiger partial charge in [0.1, 0.15) is 11.6 Å². The maximum Gasteiger partial charge on any atom is 0.258 e. The Morgan fingerprint density at radius 3 is 2.81 bits per heavy atom. The van der Waals surface area contributed by atoms with Crippen molar-refractivity contribution in [3.63, 3.8) is 0 Å². The third-order valence-electron chi connectivity index (χ3n) is 3.72. The minimum Gasteiger partial charge on any atom is -0.325 e. The van der Waals surface area contributed by atoms with Crippen LogP contribution in [-0.2, 0) is 11.3 Å². The Morgan fingerprint density at radius 1 is 1.30 bits per heavy atom. The van der Waals surface area contributed by atoms with Gasteiger partial charge < -0.3 is 10.3 Å². The highest BCUT2D eigenvalue weighted by molar-refractivity contribution is 9.11. The van der Waals surface area contributed by atoms with Gasteiger partial charge in [-0.3, -0.25) is 14.5 Å². The number of likely N-dealkylation sites (N-methyl/N-ethyl adjacent to an activating group) is 1. The van der Waals surface area contributed by atoms with Gasteiger partial charge in [-0.2, -0.15) is 0 Å². The van der Waals surface area contributed by atoms with Gasteiger partial charge in [0.05, 0.1) is 24.0 Å². The standard InChI is InChI=1S/C18H15Br2FN4O2/c1-25(9-16(26)22-12-4-2-3-11(21)7-12)8-15-23-17-13(18(27)24-15)5-10(19)6-14(17)20/h2-7H,8-9H2,1H3,(H,22,26)(H,23,24,27). The first-order valence-corrected chi connectivity index (χ1v) is 9.52. The summed E-state index contributed by atoms with van der Waals surface area (Å²) in [7, 11) is 1.73. The number of H-pyrrole nitrogens is 1. The molecule has 0 saturated heterocycles. The fourth-order valence-corrected chi connectivity index (χ4v) is 3.93. The molecule has 1 aromatic heterocycles. The zero-order valence-corrected chi connectivity index (χ0v) is 17.4. The molecule has 0 unspecified atom stereocenters. The van der Waals surface area contributed by atoms with Gasteiger partial charge in [0.25, 0.3) is 5.56 Å². The number of anilines is 1. The Labute approximate surface area is 171 Å². The molecule has 0 bridgehead atoms. The number of aromatic amines is 1. The second-order valence-corrected chi connectivity index (χ2v) is 7.80. The zero-order chi connectivity index (χ0) is 19.6. The number of halogens is 3. The van der Waals surface area contributed by atoms with Gasteiger partial charge in [-0.05, 0) is 53.3 Å². The number of nitrogens with one attached hydrogen (secondary N) is 2. The molecule has 0 atom stereocenters. The van der Waals surface area contributed by atoms with Gasteiger partial charge in [-0.15, -0.1) is 0 Å². The first kappa shape index (κ1) is 19.7. The second kappa shape index (κ2) is 8.28. The fourth-order valence-electron chi connectivity index (χ4n) is 2.61. The van der Waals surface area contributed by atoms with E-state index in [-0.39, 0.29) is 24.6 Å². The first-order chi connectivity index (χ1) is 12.8. The van der Waals surface area contributed by atoms with Crippen LogP contribution in [0.2, 0.25) is 0 Å². The molecule has 6 nitrogen and oxygen atoms in total. The number of aromatic nitrogens is 2. The van der Waals surface area contributed by atoms with Crippen molar-refractivity contribution < 1.29 is 9.18 Å². The molecule has 1 amide bonds. The molecular formula is C18H15Br2FN4O2. The topological polar surface area (TPSA) is 78.1 Å². The van der Waals surface area contributed by atoms with Crippen LogP contribution in [-0.4, -0.2) is 34.4 Å². The Bertz CT molecular complexity index is 1070. The van der Waals surface area contributed by atoms with E-state index in [0.29, 0.717) is 26.9 Å². The van der Waals surface area contributed by atoms with E-state index in [9.17, 15) is 14.0 Å². The van der Waals surface area contributed by atoms with Gasteiger partial charge in [-0.1, -0.05) is 22.0 Å². The summed E-state index contributed by atoms with van der Waals surface area (Å²) in [5.74, 6) is -0.274. The van der Waals surface area contributed by atoms with Crippen LogP contribution in [0.5, 0.6) is 0 Å². The number of carbonyl (C=O) groups is 1. The van der Waals surface area contributed by atoms with E-state index in [0.717, 1.165) is 4.47 Å². The minimum absolute atomic E-state index is 0.0553. The third kappa shape index (κ3) is 5.00. The molecule has 0 aliphatic carbocycles. The molecule has 0 spiro atoms. The Morgan fingerprint density at radius 2 is 2.07 bits per heavy atom. The van der Waals surface area contributed by atoms with E-state index < -0.39 is 5.82 Å². The number of nitrogens with zero attached hydrogens (tertiary/aromatic N) is 2. The number of amides is 1. The van der Waals surface area contributed by atoms with Crippen molar-refractivity contribution in [1.82, 2.24) is 14.9 Å². The van der Waals surface area contributed by atoms with E-state index in [2.05, 4.69) is 47.1 Å². The van der Waals surface area contributed by atoms with Crippen molar-refractivity contribution in [2.24, 2.45) is 0 Å². The largest absolute Gasteiger partial charge is 0.325 e. The Balaban J connectivity index is 1.71. The molecular weight excluding hydrogens is 483 g/mol. The summed E-state index contributed by atoms with van der Waals surface area (Å²) in [6, 6.07) is 9.20. The summed E-state index contributed by atoms with van der Waals surface area (Å²) in [6.07, 6.45) is 0. The number of hydrogen-bond donors (Lipinski definition) is 2. The van der Waals surface area contributed by atoms with Crippen LogP contribution in [0.1, 0.15) is 5.82 Å². The number of benzene rings is 2. The fraction of sp³-hybridized carbons (Fsp3) is 0.167. The van der Waals surface area contributed by atoms with E-state index in [1.807, 2.05) is 6.07 Å². The van der Waals surface area contributed by atoms with Crippen LogP contribution in [0.25, 0.3) is 10.9 Å². The lowest BCUT2D eigenvalue weighted by Crippen LogP contribution is -2.31. The summed E-state index contributed by atoms with van der Waals surface area (Å²) in [5.41, 5.74) is 0.685. The van der Waals surface area contributed by atoms with E-state index in [1.54, 1.807) is 24.1 Å². The van der Waals surface area contributed by atoms with Crippen LogP contribution >= 0.6 is 31.9 Å². The van der Waals surface area contributed by atoms with Crippen LogP contribution < -0.4 is 10.9 Å². The highest BCUT2D eigenvalue weighted by Crippen LogP contribution is 2.25. The molecule has 2 N–H and O–H groups in total. The average molecular weight is 498 g/mol. The highest BCUT2D eigenvalue weighted by atomic mass is 79.9. The monoisotopic (exact) mass is 496 g/mol. The van der Waals surface area contributed by atoms with Crippen molar-refractivity contribution in [1.29, 1.82) is 0 Å². The number of hydrogen-bond acceptors (Lipinski definition) is 4. The minimum atomic E-state index is -0.420. The molecule has 0 aliphatic heterocycles. The summed E-state index contributed by atoms with van der Waals surface area (Å²) in [6.45, 7) is 0.323. The lowest BCUT2D eigenvalue weighted by Gasteiger charge is -2.16. The Kier molecular flexibility index (Phi) is 6.03. The van der Waals surface area contributed by atoms with E-state index in [4.69, 9.17) is 0 Å². The van der Waals surface area contributed by atoms with Gasteiger partial charge in [0.15, 0.2) is 0 Å². The molecule has 0 saturated carbocycles. The van der Waals surface area contributed by atoms with Gasteiger partial charge in [-0.25, -0.2) is 9.37 Å². The SMILES string of the molecule is CN(CC(=O)Nc1cccc(F)c1)Cc1nc2c(Br)cc(Br)cc2c(=O)[nH]1. The number of carbonyl (C=O) groups excluding carboxylic acids is 1. The lowest BCUT2D eigenvalue weighted by atomic mass is 10.2. The van der Waals surface area contributed by atoms with Gasteiger partial charge >= 0.3 is 0 Å². The normalized spacial score (nSPS) is 11.1. The molecule has 0 radical (unpaired) electrons. The summed E-state index contributed by atoms with van der Waals surface area (Å²) < 4.78 is 14.7. The molecule has 9 heteroatoms. The van der Waals surface area contributed by atoms with Crippen molar-refractivity contribution in [3.05, 3.63) is 67.3 Å². The predicted molar refractivity (Wildman–Crippen MR) is 109 cm³/mol. The van der Waals surface area contributed by atoms with Gasteiger partial charge in [0, 0.05) is 14.6 Å². The molecule has 140 valence electrons. The molecule has 1 heterocycles. The summed E-state index contributed by atoms with van der Waals surface area (Å²) in [5, 5.41) is 3.09. The van der Waals surface area contributed by atoms with Crippen molar-refractivity contribution >= 4 is 54.4 Å². The average Bonchev–Trinajstić information content (AvgIpc) is 2.55. The van der Waals surface area contributed by atoms with Crippen LogP contribution in [0, 0.1) is 5.82 Å². The van der Waals surface area contributed by atoms with Crippen LogP contribution in [0.3, 0.4) is 0 Å². The maximum atomic E-state index is 13.2. The maximum absolute atomic E-state index is 13.2. The third-order valence-corrected chi connectivity index (χ3v) is 4.78. The molecule has 2 aromatic carbocycles. The number of rotatable bonds is 5. The van der Waals surface area contributed by atoms with E-state index >= 15 is 0 Å². The van der Waals surface area contributed by atoms with Crippen molar-refractivity contribution in [3.8, 4) is 0 Å². The zero-order valence-electron chi connectivity index (χ0n) is 14.2. The smallest absolute Gasteiger partial charge is 0.258 e. The van der Waals surface area contributed by atoms with Crippen LogP contribution in [0.15, 0.2) is 50.1 Å². The van der Waals surface area contributed by atoms with Crippen molar-refractivity contribution in [2.75, 3.05) is 18.9 Å². The quantitative estimate of drug-likeness (QED) is 0.564. The molecule has 0 fully saturated rings. The summed E-state index contributed by atoms with van der Waals surface area (Å²) >= 11 is 6.76. The lowest BCUT2D eigenvalue weighted by molar-refractivity contribution is -0.117. The molecule has 27 heavy (non-hydrogen) atoms. The molecule has 3 aromatic rings. The first-order valence-electron chi connectivity index (χ1n) is 7.94. The Hall–Kier alpha value is -2.10. The van der Waals surface area contributed by atoms with Gasteiger partial charge in [0.2, 0.25) is 5.91 Å². The highest BCUT2D eigenvalue weighted by Gasteiger charge is 2.12. The number of fused-ring (bicyclic) bond motifs is 1. The van der Waals surface area contributed by atoms with Crippen LogP contribution in [0.4, 0.5) is 10.1 Å². The van der Waals surface area contributed by atoms with E-state index in [1.165, 1.54) is 18.2 Å². The predicted octanol–water partition coefficient (Wildman–Crippen LogP) is 3.66. The molecule has 0 aliphatic rings. The second-order valence-electron chi connectivity index (χ2n) is 6.03.